The highest BCUT2D eigenvalue weighted by Gasteiger charge is 2.25. The van der Waals surface area contributed by atoms with Crippen molar-refractivity contribution >= 4 is 29.3 Å². The maximum atomic E-state index is 13.4. The molecule has 0 saturated carbocycles. The van der Waals surface area contributed by atoms with Crippen LogP contribution in [0.4, 0.5) is 5.69 Å². The molecule has 1 N–H and O–H groups in total. The molecule has 0 unspecified atom stereocenters. The van der Waals surface area contributed by atoms with E-state index in [0.717, 1.165) is 29.7 Å². The van der Waals surface area contributed by atoms with Crippen LogP contribution in [-0.2, 0) is 17.8 Å². The van der Waals surface area contributed by atoms with E-state index in [1.54, 1.807) is 32.4 Å². The predicted octanol–water partition coefficient (Wildman–Crippen LogP) is 4.90. The van der Waals surface area contributed by atoms with Crippen molar-refractivity contribution < 1.29 is 19.1 Å². The van der Waals surface area contributed by atoms with Crippen molar-refractivity contribution in [2.75, 3.05) is 31.4 Å². The molecule has 1 aliphatic heterocycles. The summed E-state index contributed by atoms with van der Waals surface area (Å²) in [5, 5.41) is 12.3. The first-order valence-electron chi connectivity index (χ1n) is 13.4. The zero-order chi connectivity index (χ0) is 28.9. The number of para-hydroxylation sites is 1. The van der Waals surface area contributed by atoms with Crippen molar-refractivity contribution in [1.82, 2.24) is 20.1 Å². The number of nitrogens with one attached hydrogen (secondary N) is 1. The second-order valence-corrected chi connectivity index (χ2v) is 10.8. The number of hydrogen-bond acceptors (Lipinski definition) is 7. The molecule has 0 atom stereocenters. The summed E-state index contributed by atoms with van der Waals surface area (Å²) in [5.41, 5.74) is 5.53. The normalized spacial score (nSPS) is 12.5. The first-order chi connectivity index (χ1) is 19.9. The minimum absolute atomic E-state index is 0.00102. The Morgan fingerprint density at radius 3 is 2.56 bits per heavy atom. The van der Waals surface area contributed by atoms with Crippen LogP contribution in [-0.4, -0.2) is 53.1 Å². The first kappa shape index (κ1) is 28.2. The molecule has 0 saturated heterocycles. The number of carbonyl (C=O) groups excluding carboxylic acids is 2. The lowest BCUT2D eigenvalue weighted by Gasteiger charge is -2.29. The van der Waals surface area contributed by atoms with Gasteiger partial charge in [-0.15, -0.1) is 10.2 Å². The number of nitrogens with zero attached hydrogens (tertiary/aromatic N) is 4. The molecule has 1 aliphatic rings. The van der Waals surface area contributed by atoms with E-state index in [0.29, 0.717) is 40.3 Å². The Labute approximate surface area is 243 Å². The van der Waals surface area contributed by atoms with Crippen molar-refractivity contribution in [2.45, 2.75) is 38.4 Å². The van der Waals surface area contributed by atoms with E-state index in [4.69, 9.17) is 9.47 Å². The quantitative estimate of drug-likeness (QED) is 0.285. The summed E-state index contributed by atoms with van der Waals surface area (Å²) in [6, 6.07) is 19.1. The summed E-state index contributed by atoms with van der Waals surface area (Å²) >= 11 is 1.30. The number of thioether (sulfide) groups is 1. The minimum Gasteiger partial charge on any atom is -0.497 e. The Balaban J connectivity index is 1.42. The highest BCUT2D eigenvalue weighted by atomic mass is 32.2. The highest BCUT2D eigenvalue weighted by Crippen LogP contribution is 2.33. The van der Waals surface area contributed by atoms with Gasteiger partial charge in [0.25, 0.3) is 5.91 Å². The van der Waals surface area contributed by atoms with Gasteiger partial charge in [-0.25, -0.2) is 0 Å². The summed E-state index contributed by atoms with van der Waals surface area (Å²) in [7, 11) is 3.17. The number of aromatic nitrogens is 3. The molecule has 212 valence electrons. The van der Waals surface area contributed by atoms with Crippen LogP contribution in [0, 0.1) is 13.8 Å². The molecular formula is C31H33N5O4S. The van der Waals surface area contributed by atoms with E-state index in [9.17, 15) is 9.59 Å². The minimum atomic E-state index is -0.214. The average Bonchev–Trinajstić information content (AvgIpc) is 3.41. The lowest BCUT2D eigenvalue weighted by Crippen LogP contribution is -2.36. The summed E-state index contributed by atoms with van der Waals surface area (Å²) in [6.07, 6.45) is 1.89. The van der Waals surface area contributed by atoms with Gasteiger partial charge in [0.05, 0.1) is 32.2 Å². The summed E-state index contributed by atoms with van der Waals surface area (Å²) in [6.45, 7) is 4.79. The fourth-order valence-corrected chi connectivity index (χ4v) is 5.70. The summed E-state index contributed by atoms with van der Waals surface area (Å²) in [5.74, 6) is 1.65. The topological polar surface area (TPSA) is 98.6 Å². The van der Waals surface area contributed by atoms with Crippen molar-refractivity contribution in [3.05, 3.63) is 88.7 Å². The van der Waals surface area contributed by atoms with E-state index < -0.39 is 0 Å². The number of carbonyl (C=O) groups is 2. The van der Waals surface area contributed by atoms with Crippen molar-refractivity contribution in [2.24, 2.45) is 0 Å². The van der Waals surface area contributed by atoms with Crippen molar-refractivity contribution in [3.8, 4) is 17.2 Å². The van der Waals surface area contributed by atoms with Gasteiger partial charge >= 0.3 is 0 Å². The molecule has 5 rings (SSSR count). The zero-order valence-electron chi connectivity index (χ0n) is 23.6. The number of rotatable bonds is 9. The van der Waals surface area contributed by atoms with Crippen LogP contribution in [0.2, 0.25) is 0 Å². The third-order valence-corrected chi connectivity index (χ3v) is 8.15. The smallest absolute Gasteiger partial charge is 0.251 e. The van der Waals surface area contributed by atoms with Gasteiger partial charge in [-0.1, -0.05) is 36.0 Å². The van der Waals surface area contributed by atoms with Crippen LogP contribution < -0.4 is 19.7 Å². The van der Waals surface area contributed by atoms with E-state index in [-0.39, 0.29) is 24.1 Å². The van der Waals surface area contributed by atoms with Crippen LogP contribution in [0.25, 0.3) is 5.69 Å². The van der Waals surface area contributed by atoms with Gasteiger partial charge in [0.15, 0.2) is 11.0 Å². The number of benzene rings is 3. The van der Waals surface area contributed by atoms with Crippen LogP contribution in [0.5, 0.6) is 11.5 Å². The molecule has 4 aromatic rings. The molecule has 2 heterocycles. The van der Waals surface area contributed by atoms with Crippen LogP contribution in [0.1, 0.15) is 39.3 Å². The third kappa shape index (κ3) is 6.07. The standard InChI is InChI=1S/C31H33N5O4S/c1-20-11-12-23(16-21(20)2)30(38)32-18-28-33-34-31(36(28)26-17-24(39-3)13-14-27(26)40-4)41-19-29(37)35-15-7-9-22-8-5-6-10-25(22)35/h5-6,8,10-14,16-17H,7,9,15,18-19H2,1-4H3,(H,32,38). The van der Waals surface area contributed by atoms with Gasteiger partial charge < -0.3 is 19.7 Å². The molecule has 0 fully saturated rings. The Morgan fingerprint density at radius 2 is 1.78 bits per heavy atom. The molecule has 0 spiro atoms. The van der Waals surface area contributed by atoms with Gasteiger partial charge in [-0.3, -0.25) is 14.2 Å². The van der Waals surface area contributed by atoms with Crippen molar-refractivity contribution in [3.63, 3.8) is 0 Å². The molecule has 0 aliphatic carbocycles. The number of aryl methyl sites for hydroxylation is 3. The molecule has 3 aromatic carbocycles. The van der Waals surface area contributed by atoms with Gasteiger partial charge in [-0.05, 0) is 73.7 Å². The van der Waals surface area contributed by atoms with Crippen LogP contribution in [0.15, 0.2) is 65.8 Å². The predicted molar refractivity (Wildman–Crippen MR) is 159 cm³/mol. The molecular weight excluding hydrogens is 538 g/mol. The molecule has 0 bridgehead atoms. The highest BCUT2D eigenvalue weighted by molar-refractivity contribution is 7.99. The Bertz CT molecular complexity index is 1580. The summed E-state index contributed by atoms with van der Waals surface area (Å²) in [4.78, 5) is 28.2. The van der Waals surface area contributed by atoms with E-state index >= 15 is 0 Å². The molecule has 41 heavy (non-hydrogen) atoms. The molecule has 2 amide bonds. The van der Waals surface area contributed by atoms with Gasteiger partial charge in [0, 0.05) is 23.9 Å². The zero-order valence-corrected chi connectivity index (χ0v) is 24.5. The van der Waals surface area contributed by atoms with E-state index in [2.05, 4.69) is 21.6 Å². The summed E-state index contributed by atoms with van der Waals surface area (Å²) < 4.78 is 12.9. The second-order valence-electron chi connectivity index (χ2n) is 9.82. The largest absolute Gasteiger partial charge is 0.497 e. The lowest BCUT2D eigenvalue weighted by atomic mass is 10.0. The number of ether oxygens (including phenoxy) is 2. The fourth-order valence-electron chi connectivity index (χ4n) is 4.86. The second kappa shape index (κ2) is 12.5. The van der Waals surface area contributed by atoms with Crippen LogP contribution in [0.3, 0.4) is 0 Å². The Kier molecular flexibility index (Phi) is 8.58. The number of anilines is 1. The number of hydrogen-bond donors (Lipinski definition) is 1. The Morgan fingerprint density at radius 1 is 0.951 bits per heavy atom. The van der Waals surface area contributed by atoms with Gasteiger partial charge in [-0.2, -0.15) is 0 Å². The average molecular weight is 572 g/mol. The first-order valence-corrected chi connectivity index (χ1v) is 14.4. The molecule has 10 heteroatoms. The lowest BCUT2D eigenvalue weighted by molar-refractivity contribution is -0.116. The van der Waals surface area contributed by atoms with Gasteiger partial charge in [0.2, 0.25) is 5.91 Å². The molecule has 1 aromatic heterocycles. The maximum Gasteiger partial charge on any atom is 0.251 e. The third-order valence-electron chi connectivity index (χ3n) is 7.24. The Hall–Kier alpha value is -4.31. The van der Waals surface area contributed by atoms with Crippen molar-refractivity contribution in [1.29, 1.82) is 0 Å². The SMILES string of the molecule is COc1ccc(OC)c(-n2c(CNC(=O)c3ccc(C)c(C)c3)nnc2SCC(=O)N2CCCc3ccccc32)c1. The van der Waals surface area contributed by atoms with E-state index in [1.165, 1.54) is 17.3 Å². The fraction of sp³-hybridized carbons (Fsp3) is 0.290. The van der Waals surface area contributed by atoms with Gasteiger partial charge in [0.1, 0.15) is 11.5 Å². The van der Waals surface area contributed by atoms with Crippen LogP contribution >= 0.6 is 11.8 Å². The maximum absolute atomic E-state index is 13.4. The molecule has 0 radical (unpaired) electrons. The molecule has 9 nitrogen and oxygen atoms in total. The number of amides is 2. The monoisotopic (exact) mass is 571 g/mol. The van der Waals surface area contributed by atoms with E-state index in [1.807, 2.05) is 59.7 Å². The number of methoxy groups -OCH3 is 2. The number of fused-ring (bicyclic) bond motifs is 1.